The molecule has 0 bridgehead atoms. The summed E-state index contributed by atoms with van der Waals surface area (Å²) in [6.07, 6.45) is 2.35. The smallest absolute Gasteiger partial charge is 0.0380 e. The van der Waals surface area contributed by atoms with Gasteiger partial charge in [0.2, 0.25) is 0 Å². The first-order chi connectivity index (χ1) is 9.40. The fourth-order valence-corrected chi connectivity index (χ4v) is 3.38. The molecule has 114 valence electrons. The third-order valence-electron chi connectivity index (χ3n) is 3.75. The minimum Gasteiger partial charge on any atom is -0.368 e. The lowest BCUT2D eigenvalue weighted by Crippen LogP contribution is -2.37. The Labute approximate surface area is 132 Å². The van der Waals surface area contributed by atoms with Crippen LogP contribution >= 0.6 is 15.9 Å². The van der Waals surface area contributed by atoms with Gasteiger partial charge < -0.3 is 10.6 Å². The van der Waals surface area contributed by atoms with E-state index >= 15 is 0 Å². The molecule has 0 amide bonds. The average Bonchev–Trinajstić information content (AvgIpc) is 2.37. The molecule has 0 aliphatic carbocycles. The first-order valence-corrected chi connectivity index (χ1v) is 8.51. The Hall–Kier alpha value is -0.540. The number of nitrogens with zero attached hydrogens (tertiary/aromatic N) is 1. The molecule has 1 aromatic rings. The molecule has 0 unspecified atom stereocenters. The van der Waals surface area contributed by atoms with Crippen molar-refractivity contribution in [3.05, 3.63) is 28.2 Å². The minimum atomic E-state index is 0.0603. The molecule has 2 nitrogen and oxygen atoms in total. The molecule has 1 rings (SSSR count). The van der Waals surface area contributed by atoms with E-state index in [4.69, 9.17) is 5.73 Å². The fourth-order valence-electron chi connectivity index (χ4n) is 2.65. The summed E-state index contributed by atoms with van der Waals surface area (Å²) < 4.78 is 1.12. The molecule has 1 aromatic carbocycles. The highest BCUT2D eigenvalue weighted by Gasteiger charge is 2.18. The first kappa shape index (κ1) is 17.5. The van der Waals surface area contributed by atoms with Gasteiger partial charge in [-0.3, -0.25) is 0 Å². The first-order valence-electron chi connectivity index (χ1n) is 7.72. The molecule has 0 spiro atoms. The van der Waals surface area contributed by atoms with Crippen molar-refractivity contribution in [1.29, 1.82) is 0 Å². The molecular weight excluding hydrogens is 312 g/mol. The molecule has 0 radical (unpaired) electrons. The lowest BCUT2D eigenvalue weighted by molar-refractivity contribution is 0.507. The Morgan fingerprint density at radius 1 is 1.15 bits per heavy atom. The quantitative estimate of drug-likeness (QED) is 0.746. The van der Waals surface area contributed by atoms with E-state index in [0.717, 1.165) is 11.0 Å². The van der Waals surface area contributed by atoms with Crippen LogP contribution in [0.1, 0.15) is 59.1 Å². The monoisotopic (exact) mass is 340 g/mol. The highest BCUT2D eigenvalue weighted by molar-refractivity contribution is 9.10. The van der Waals surface area contributed by atoms with Crippen molar-refractivity contribution >= 4 is 21.6 Å². The van der Waals surface area contributed by atoms with Crippen molar-refractivity contribution in [3.8, 4) is 0 Å². The van der Waals surface area contributed by atoms with E-state index < -0.39 is 0 Å². The predicted molar refractivity (Wildman–Crippen MR) is 93.3 cm³/mol. The molecule has 0 saturated heterocycles. The topological polar surface area (TPSA) is 29.3 Å². The number of nitrogens with two attached hydrogens (primary N) is 1. The molecule has 0 aliphatic heterocycles. The highest BCUT2D eigenvalue weighted by atomic mass is 79.9. The zero-order valence-corrected chi connectivity index (χ0v) is 15.1. The summed E-state index contributed by atoms with van der Waals surface area (Å²) in [5.41, 5.74) is 8.45. The maximum absolute atomic E-state index is 5.99. The summed E-state index contributed by atoms with van der Waals surface area (Å²) in [6, 6.07) is 7.25. The number of hydrogen-bond donors (Lipinski definition) is 1. The fraction of sp³-hybridized carbons (Fsp3) is 0.647. The molecule has 3 heteroatoms. The number of anilines is 1. The predicted octanol–water partition coefficient (Wildman–Crippen LogP) is 5.12. The van der Waals surface area contributed by atoms with Crippen molar-refractivity contribution in [2.45, 2.75) is 59.5 Å². The highest BCUT2D eigenvalue weighted by Crippen LogP contribution is 2.30. The van der Waals surface area contributed by atoms with Gasteiger partial charge in [-0.1, -0.05) is 49.7 Å². The van der Waals surface area contributed by atoms with Crippen LogP contribution in [0.3, 0.4) is 0 Å². The van der Waals surface area contributed by atoms with Gasteiger partial charge in [-0.05, 0) is 43.4 Å². The summed E-state index contributed by atoms with van der Waals surface area (Å²) >= 11 is 3.67. The number of hydrogen-bond acceptors (Lipinski definition) is 2. The van der Waals surface area contributed by atoms with Gasteiger partial charge in [0.25, 0.3) is 0 Å². The van der Waals surface area contributed by atoms with Crippen LogP contribution in [0.15, 0.2) is 22.7 Å². The van der Waals surface area contributed by atoms with Crippen LogP contribution in [0, 0.1) is 5.92 Å². The normalized spacial score (nSPS) is 13.1. The van der Waals surface area contributed by atoms with Crippen LogP contribution in [0.25, 0.3) is 0 Å². The van der Waals surface area contributed by atoms with Gasteiger partial charge in [0.1, 0.15) is 0 Å². The van der Waals surface area contributed by atoms with E-state index in [9.17, 15) is 0 Å². The average molecular weight is 341 g/mol. The van der Waals surface area contributed by atoms with Crippen molar-refractivity contribution < 1.29 is 0 Å². The molecule has 0 aromatic heterocycles. The summed E-state index contributed by atoms with van der Waals surface area (Å²) in [7, 11) is 0. The van der Waals surface area contributed by atoms with Crippen molar-refractivity contribution in [3.63, 3.8) is 0 Å². The summed E-state index contributed by atoms with van der Waals surface area (Å²) in [4.78, 5) is 2.54. The largest absolute Gasteiger partial charge is 0.368 e. The molecular formula is C17H29BrN2. The number of halogens is 1. The van der Waals surface area contributed by atoms with Crippen LogP contribution in [0.5, 0.6) is 0 Å². The second-order valence-electron chi connectivity index (χ2n) is 6.01. The molecule has 0 fully saturated rings. The van der Waals surface area contributed by atoms with Crippen molar-refractivity contribution in [2.24, 2.45) is 11.7 Å². The Kier molecular flexibility index (Phi) is 7.04. The Balaban J connectivity index is 3.10. The second kappa shape index (κ2) is 8.04. The number of rotatable bonds is 7. The van der Waals surface area contributed by atoms with E-state index in [1.54, 1.807) is 0 Å². The molecule has 1 atom stereocenters. The maximum Gasteiger partial charge on any atom is 0.0380 e. The third-order valence-corrected chi connectivity index (χ3v) is 4.44. The van der Waals surface area contributed by atoms with Gasteiger partial charge in [0.05, 0.1) is 0 Å². The van der Waals surface area contributed by atoms with Crippen LogP contribution in [0.2, 0.25) is 0 Å². The molecule has 20 heavy (non-hydrogen) atoms. The maximum atomic E-state index is 5.99. The van der Waals surface area contributed by atoms with Gasteiger partial charge in [-0.2, -0.15) is 0 Å². The van der Waals surface area contributed by atoms with Crippen LogP contribution in [-0.4, -0.2) is 12.6 Å². The summed E-state index contributed by atoms with van der Waals surface area (Å²) in [5, 5.41) is 0. The van der Waals surface area contributed by atoms with Crippen LogP contribution < -0.4 is 10.6 Å². The van der Waals surface area contributed by atoms with E-state index in [-0.39, 0.29) is 6.04 Å². The molecule has 0 aliphatic rings. The SMILES string of the molecule is CCC(CC)N(CC(C)C)c1ccc([C@H](C)N)c(Br)c1. The molecule has 0 saturated carbocycles. The van der Waals surface area contributed by atoms with Gasteiger partial charge >= 0.3 is 0 Å². The lowest BCUT2D eigenvalue weighted by Gasteiger charge is -2.34. The zero-order chi connectivity index (χ0) is 15.3. The lowest BCUT2D eigenvalue weighted by atomic mass is 10.0. The van der Waals surface area contributed by atoms with Crippen molar-refractivity contribution in [2.75, 3.05) is 11.4 Å². The van der Waals surface area contributed by atoms with Gasteiger partial charge in [0.15, 0.2) is 0 Å². The van der Waals surface area contributed by atoms with E-state index in [2.05, 4.69) is 66.7 Å². The summed E-state index contributed by atoms with van der Waals surface area (Å²) in [6.45, 7) is 12.2. The van der Waals surface area contributed by atoms with Gasteiger partial charge in [-0.25, -0.2) is 0 Å². The van der Waals surface area contributed by atoms with E-state index in [1.165, 1.54) is 24.1 Å². The van der Waals surface area contributed by atoms with E-state index in [0.29, 0.717) is 12.0 Å². The van der Waals surface area contributed by atoms with Crippen LogP contribution in [-0.2, 0) is 0 Å². The standard InChI is InChI=1S/C17H29BrN2/c1-6-14(7-2)20(11-12(3)4)15-8-9-16(13(5)19)17(18)10-15/h8-10,12-14H,6-7,11,19H2,1-5H3/t13-/m0/s1. The van der Waals surface area contributed by atoms with Crippen molar-refractivity contribution in [1.82, 2.24) is 0 Å². The minimum absolute atomic E-state index is 0.0603. The Bertz CT molecular complexity index is 411. The van der Waals surface area contributed by atoms with Crippen LogP contribution in [0.4, 0.5) is 5.69 Å². The Morgan fingerprint density at radius 3 is 2.15 bits per heavy atom. The second-order valence-corrected chi connectivity index (χ2v) is 6.87. The van der Waals surface area contributed by atoms with Gasteiger partial charge in [0, 0.05) is 28.8 Å². The van der Waals surface area contributed by atoms with E-state index in [1.807, 2.05) is 6.92 Å². The molecule has 2 N–H and O–H groups in total. The third kappa shape index (κ3) is 4.49. The zero-order valence-electron chi connectivity index (χ0n) is 13.5. The molecule has 0 heterocycles. The van der Waals surface area contributed by atoms with Gasteiger partial charge in [-0.15, -0.1) is 0 Å². The Morgan fingerprint density at radius 2 is 1.75 bits per heavy atom. The summed E-state index contributed by atoms with van der Waals surface area (Å²) in [5.74, 6) is 0.655. The number of benzene rings is 1.